The Morgan fingerprint density at radius 1 is 1.29 bits per heavy atom. The number of hydrogen-bond donors (Lipinski definition) is 2. The second-order valence-electron chi connectivity index (χ2n) is 7.19. The molecule has 2 saturated carbocycles. The number of carboxylic acid groups (broad SMARTS) is 1. The van der Waals surface area contributed by atoms with E-state index in [4.69, 9.17) is 0 Å². The molecule has 0 spiro atoms. The summed E-state index contributed by atoms with van der Waals surface area (Å²) in [5.74, 6) is 0.245. The van der Waals surface area contributed by atoms with Crippen molar-refractivity contribution in [2.75, 3.05) is 19.6 Å². The smallest absolute Gasteiger partial charge is 0.323 e. The van der Waals surface area contributed by atoms with Crippen LogP contribution in [-0.2, 0) is 4.79 Å². The molecule has 0 heterocycles. The van der Waals surface area contributed by atoms with E-state index in [0.717, 1.165) is 50.7 Å². The first-order valence-electron chi connectivity index (χ1n) is 8.77. The summed E-state index contributed by atoms with van der Waals surface area (Å²) in [5.41, 5.74) is -0.753. The minimum absolute atomic E-state index is 0.715. The van der Waals surface area contributed by atoms with Crippen molar-refractivity contribution in [3.8, 4) is 0 Å². The van der Waals surface area contributed by atoms with E-state index in [0.29, 0.717) is 0 Å². The van der Waals surface area contributed by atoms with Gasteiger partial charge in [-0.25, -0.2) is 0 Å². The number of nitrogens with zero attached hydrogens (tertiary/aromatic N) is 1. The largest absolute Gasteiger partial charge is 0.480 e. The van der Waals surface area contributed by atoms with Crippen molar-refractivity contribution < 1.29 is 9.90 Å². The molecule has 0 aromatic rings. The van der Waals surface area contributed by atoms with Gasteiger partial charge >= 0.3 is 5.97 Å². The second-order valence-corrected chi connectivity index (χ2v) is 7.19. The molecule has 2 fully saturated rings. The lowest BCUT2D eigenvalue weighted by Crippen LogP contribution is -2.49. The highest BCUT2D eigenvalue weighted by Gasteiger charge is 2.34. The van der Waals surface area contributed by atoms with Crippen LogP contribution in [0.25, 0.3) is 0 Å². The van der Waals surface area contributed by atoms with Crippen LogP contribution in [0.3, 0.4) is 0 Å². The number of rotatable bonds is 12. The van der Waals surface area contributed by atoms with Crippen molar-refractivity contribution in [1.82, 2.24) is 10.2 Å². The van der Waals surface area contributed by atoms with E-state index in [1.807, 2.05) is 6.92 Å². The van der Waals surface area contributed by atoms with Crippen molar-refractivity contribution in [3.63, 3.8) is 0 Å². The van der Waals surface area contributed by atoms with Gasteiger partial charge in [0.15, 0.2) is 0 Å². The summed E-state index contributed by atoms with van der Waals surface area (Å²) in [7, 11) is 0. The average molecular weight is 296 g/mol. The molecule has 2 aliphatic carbocycles. The van der Waals surface area contributed by atoms with Crippen LogP contribution in [0, 0.1) is 5.92 Å². The molecular weight excluding hydrogens is 264 g/mol. The first kappa shape index (κ1) is 16.8. The van der Waals surface area contributed by atoms with E-state index in [-0.39, 0.29) is 0 Å². The summed E-state index contributed by atoms with van der Waals surface area (Å²) >= 11 is 0. The average Bonchev–Trinajstić information content (AvgIpc) is 3.32. The third-order valence-corrected chi connectivity index (χ3v) is 4.86. The quantitative estimate of drug-likeness (QED) is 0.544. The van der Waals surface area contributed by atoms with Crippen LogP contribution in [0.1, 0.15) is 65.2 Å². The van der Waals surface area contributed by atoms with Crippen LogP contribution in [0.4, 0.5) is 0 Å². The minimum Gasteiger partial charge on any atom is -0.480 e. The maximum atomic E-state index is 11.5. The fourth-order valence-electron chi connectivity index (χ4n) is 2.96. The van der Waals surface area contributed by atoms with E-state index in [9.17, 15) is 9.90 Å². The standard InChI is InChI=1S/C17H32N2O2/c1-3-11-18-17(2,16(20)21)10-4-5-12-19(15-8-9-15)13-14-6-7-14/h14-15,18H,3-13H2,1-2H3,(H,20,21). The Kier molecular flexibility index (Phi) is 6.06. The molecule has 0 amide bonds. The molecule has 0 aromatic carbocycles. The molecule has 0 radical (unpaired) electrons. The zero-order valence-electron chi connectivity index (χ0n) is 13.7. The van der Waals surface area contributed by atoms with E-state index >= 15 is 0 Å². The maximum Gasteiger partial charge on any atom is 0.323 e. The molecule has 0 saturated heterocycles. The number of unbranched alkanes of at least 4 members (excludes halogenated alkanes) is 1. The number of aliphatic carboxylic acids is 1. The van der Waals surface area contributed by atoms with E-state index < -0.39 is 11.5 Å². The highest BCUT2D eigenvalue weighted by Crippen LogP contribution is 2.35. The molecule has 0 bridgehead atoms. The Labute approximate surface area is 129 Å². The fourth-order valence-corrected chi connectivity index (χ4v) is 2.96. The number of hydrogen-bond acceptors (Lipinski definition) is 3. The van der Waals surface area contributed by atoms with Gasteiger partial charge in [0.05, 0.1) is 0 Å². The van der Waals surface area contributed by atoms with Gasteiger partial charge in [0, 0.05) is 12.6 Å². The Bertz CT molecular complexity index is 340. The Morgan fingerprint density at radius 3 is 2.52 bits per heavy atom. The van der Waals surface area contributed by atoms with Crippen molar-refractivity contribution >= 4 is 5.97 Å². The summed E-state index contributed by atoms with van der Waals surface area (Å²) in [6.45, 7) is 7.12. The van der Waals surface area contributed by atoms with Gasteiger partial charge in [0.1, 0.15) is 5.54 Å². The zero-order valence-corrected chi connectivity index (χ0v) is 13.7. The lowest BCUT2D eigenvalue weighted by atomic mass is 9.94. The molecule has 1 atom stereocenters. The van der Waals surface area contributed by atoms with Gasteiger partial charge in [-0.2, -0.15) is 0 Å². The van der Waals surface area contributed by atoms with Gasteiger partial charge in [0.2, 0.25) is 0 Å². The molecule has 2 N–H and O–H groups in total. The zero-order chi connectivity index (χ0) is 15.3. The van der Waals surface area contributed by atoms with E-state index in [1.165, 1.54) is 32.2 Å². The highest BCUT2D eigenvalue weighted by molar-refractivity contribution is 5.78. The van der Waals surface area contributed by atoms with Crippen LogP contribution in [0.2, 0.25) is 0 Å². The first-order valence-corrected chi connectivity index (χ1v) is 8.77. The van der Waals surface area contributed by atoms with E-state index in [1.54, 1.807) is 0 Å². The monoisotopic (exact) mass is 296 g/mol. The normalized spacial score (nSPS) is 21.5. The van der Waals surface area contributed by atoms with E-state index in [2.05, 4.69) is 17.1 Å². The number of carboxylic acids is 1. The number of nitrogens with one attached hydrogen (secondary N) is 1. The fraction of sp³-hybridized carbons (Fsp3) is 0.941. The molecule has 4 nitrogen and oxygen atoms in total. The van der Waals surface area contributed by atoms with Crippen LogP contribution in [0.5, 0.6) is 0 Å². The third-order valence-electron chi connectivity index (χ3n) is 4.86. The lowest BCUT2D eigenvalue weighted by Gasteiger charge is -2.27. The Balaban J connectivity index is 1.67. The molecule has 1 unspecified atom stereocenters. The van der Waals surface area contributed by atoms with Gasteiger partial charge in [-0.05, 0) is 77.3 Å². The molecule has 4 heteroatoms. The van der Waals surface area contributed by atoms with Gasteiger partial charge in [0.25, 0.3) is 0 Å². The highest BCUT2D eigenvalue weighted by atomic mass is 16.4. The van der Waals surface area contributed by atoms with Crippen LogP contribution >= 0.6 is 0 Å². The molecular formula is C17H32N2O2. The summed E-state index contributed by atoms with van der Waals surface area (Å²) in [4.78, 5) is 14.1. The van der Waals surface area contributed by atoms with Gasteiger partial charge < -0.3 is 15.3 Å². The molecule has 2 rings (SSSR count). The molecule has 2 aliphatic rings. The predicted octanol–water partition coefficient (Wildman–Crippen LogP) is 2.87. The van der Waals surface area contributed by atoms with Crippen LogP contribution in [-0.4, -0.2) is 47.2 Å². The van der Waals surface area contributed by atoms with Crippen molar-refractivity contribution in [3.05, 3.63) is 0 Å². The molecule has 21 heavy (non-hydrogen) atoms. The summed E-state index contributed by atoms with van der Waals surface area (Å²) in [5, 5.41) is 12.6. The molecule has 122 valence electrons. The van der Waals surface area contributed by atoms with Gasteiger partial charge in [-0.1, -0.05) is 6.92 Å². The first-order chi connectivity index (χ1) is 10.0. The maximum absolute atomic E-state index is 11.5. The molecule has 0 aromatic heterocycles. The van der Waals surface area contributed by atoms with Crippen LogP contribution < -0.4 is 5.32 Å². The third kappa shape index (κ3) is 5.59. The van der Waals surface area contributed by atoms with Gasteiger partial charge in [-0.15, -0.1) is 0 Å². The Hall–Kier alpha value is -0.610. The second kappa shape index (κ2) is 7.59. The number of carbonyl (C=O) groups is 1. The topological polar surface area (TPSA) is 52.6 Å². The molecule has 0 aliphatic heterocycles. The van der Waals surface area contributed by atoms with Crippen molar-refractivity contribution in [2.24, 2.45) is 5.92 Å². The lowest BCUT2D eigenvalue weighted by molar-refractivity contribution is -0.144. The van der Waals surface area contributed by atoms with Crippen molar-refractivity contribution in [1.29, 1.82) is 0 Å². The SMILES string of the molecule is CCCNC(C)(CCCCN(CC1CC1)C1CC1)C(=O)O. The van der Waals surface area contributed by atoms with Gasteiger partial charge in [-0.3, -0.25) is 4.79 Å². The minimum atomic E-state index is -0.753. The Morgan fingerprint density at radius 2 is 2.00 bits per heavy atom. The summed E-state index contributed by atoms with van der Waals surface area (Å²) < 4.78 is 0. The van der Waals surface area contributed by atoms with Crippen LogP contribution in [0.15, 0.2) is 0 Å². The summed E-state index contributed by atoms with van der Waals surface area (Å²) in [6, 6.07) is 0.842. The summed E-state index contributed by atoms with van der Waals surface area (Å²) in [6.07, 6.45) is 9.40. The predicted molar refractivity (Wildman–Crippen MR) is 85.5 cm³/mol. The van der Waals surface area contributed by atoms with Crippen molar-refractivity contribution in [2.45, 2.75) is 76.8 Å².